The van der Waals surface area contributed by atoms with E-state index < -0.39 is 0 Å². The number of hydrogen-bond acceptors (Lipinski definition) is 0. The molecule has 0 spiro atoms. The molecular weight excluding hydrogens is 288 g/mol. The van der Waals surface area contributed by atoms with E-state index in [1.807, 2.05) is 0 Å². The molecule has 0 aliphatic heterocycles. The minimum Gasteiger partial charge on any atom is -0.0656 e. The Morgan fingerprint density at radius 2 is 0.750 bits per heavy atom. The number of hydrogen-bond donors (Lipinski definition) is 0. The molecule has 0 aliphatic rings. The second-order valence-electron chi connectivity index (χ2n) is 7.93. The van der Waals surface area contributed by atoms with Crippen molar-refractivity contribution in [3.63, 3.8) is 0 Å². The maximum absolute atomic E-state index is 2.27. The summed E-state index contributed by atoms with van der Waals surface area (Å²) in [5.74, 6) is 2.69. The third-order valence-corrected chi connectivity index (χ3v) is 2.82. The fraction of sp³-hybridized carbons (Fsp3) is 1.00. The highest BCUT2D eigenvalue weighted by molar-refractivity contribution is 4.42. The molecule has 0 aromatic rings. The average molecular weight is 347 g/mol. The summed E-state index contributed by atoms with van der Waals surface area (Å²) in [5, 5.41) is 0. The van der Waals surface area contributed by atoms with Gasteiger partial charge in [-0.3, -0.25) is 0 Å². The molecule has 0 amide bonds. The van der Waals surface area contributed by atoms with E-state index in [4.69, 9.17) is 0 Å². The van der Waals surface area contributed by atoms with Gasteiger partial charge in [0.25, 0.3) is 0 Å². The summed E-state index contributed by atoms with van der Waals surface area (Å²) in [4.78, 5) is 0. The van der Waals surface area contributed by atoms with Gasteiger partial charge in [0.05, 0.1) is 0 Å². The van der Waals surface area contributed by atoms with Crippen molar-refractivity contribution in [2.45, 2.75) is 141 Å². The van der Waals surface area contributed by atoms with Crippen LogP contribution in [0.25, 0.3) is 0 Å². The van der Waals surface area contributed by atoms with Crippen LogP contribution in [0.3, 0.4) is 0 Å². The molecule has 0 radical (unpaired) electrons. The molecule has 24 heavy (non-hydrogen) atoms. The van der Waals surface area contributed by atoms with E-state index in [2.05, 4.69) is 90.0 Å². The first-order valence-corrected chi connectivity index (χ1v) is 11.1. The molecule has 0 aliphatic carbocycles. The topological polar surface area (TPSA) is 0 Å². The van der Waals surface area contributed by atoms with Gasteiger partial charge in [-0.1, -0.05) is 141 Å². The zero-order valence-electron chi connectivity index (χ0n) is 20.4. The van der Waals surface area contributed by atoms with Gasteiger partial charge in [-0.2, -0.15) is 0 Å². The van der Waals surface area contributed by atoms with Crippen molar-refractivity contribution >= 4 is 0 Å². The summed E-state index contributed by atoms with van der Waals surface area (Å²) in [6.45, 7) is 28.7. The SMILES string of the molecule is CCC.CCC.CCC(C)C.CCCC(C)C.CCCCC(C)C. The smallest absolute Gasteiger partial charge is 0.0471 e. The molecule has 0 heterocycles. The van der Waals surface area contributed by atoms with E-state index >= 15 is 0 Å². The van der Waals surface area contributed by atoms with Crippen LogP contribution in [0.1, 0.15) is 141 Å². The molecule has 0 N–H and O–H groups in total. The van der Waals surface area contributed by atoms with Crippen LogP contribution >= 0.6 is 0 Å². The lowest BCUT2D eigenvalue weighted by atomic mass is 10.1. The third-order valence-electron chi connectivity index (χ3n) is 2.82. The zero-order valence-corrected chi connectivity index (χ0v) is 20.4. The van der Waals surface area contributed by atoms with Gasteiger partial charge in [0.15, 0.2) is 0 Å². The molecular formula is C24H58. The highest BCUT2D eigenvalue weighted by Gasteiger charge is 1.88. The summed E-state index contributed by atoms with van der Waals surface area (Å²) in [7, 11) is 0. The zero-order chi connectivity index (χ0) is 20.4. The second-order valence-corrected chi connectivity index (χ2v) is 7.93. The molecule has 0 atom stereocenters. The van der Waals surface area contributed by atoms with Crippen molar-refractivity contribution in [2.24, 2.45) is 17.8 Å². The Morgan fingerprint density at radius 3 is 0.792 bits per heavy atom. The number of unbranched alkanes of at least 4 members (excludes halogenated alkanes) is 1. The largest absolute Gasteiger partial charge is 0.0656 e. The fourth-order valence-corrected chi connectivity index (χ4v) is 1.19. The molecule has 0 saturated carbocycles. The lowest BCUT2D eigenvalue weighted by Gasteiger charge is -1.98. The predicted octanol–water partition coefficient (Wildman–Crippen LogP) is 10.2. The number of rotatable bonds is 6. The van der Waals surface area contributed by atoms with E-state index in [-0.39, 0.29) is 0 Å². The molecule has 0 unspecified atom stereocenters. The first kappa shape index (κ1) is 35.2. The lowest BCUT2D eigenvalue weighted by Crippen LogP contribution is -1.83. The summed E-state index contributed by atoms with van der Waals surface area (Å²) in [5.41, 5.74) is 0. The summed E-state index contributed by atoms with van der Waals surface area (Å²) in [6.07, 6.45) is 10.7. The van der Waals surface area contributed by atoms with Crippen LogP contribution in [-0.2, 0) is 0 Å². The van der Waals surface area contributed by atoms with Gasteiger partial charge in [0, 0.05) is 0 Å². The first-order valence-electron chi connectivity index (χ1n) is 11.1. The Morgan fingerprint density at radius 1 is 0.458 bits per heavy atom. The summed E-state index contributed by atoms with van der Waals surface area (Å²) < 4.78 is 0. The second kappa shape index (κ2) is 38.5. The summed E-state index contributed by atoms with van der Waals surface area (Å²) in [6, 6.07) is 0. The maximum Gasteiger partial charge on any atom is -0.0471 e. The van der Waals surface area contributed by atoms with Crippen LogP contribution in [0, 0.1) is 17.8 Å². The highest BCUT2D eigenvalue weighted by Crippen LogP contribution is 2.04. The van der Waals surface area contributed by atoms with Gasteiger partial charge in [0.1, 0.15) is 0 Å². The molecule has 0 bridgehead atoms. The van der Waals surface area contributed by atoms with Crippen LogP contribution in [0.2, 0.25) is 0 Å². The minimum absolute atomic E-state index is 0.884. The normalized spacial score (nSPS) is 9.00. The van der Waals surface area contributed by atoms with Crippen molar-refractivity contribution in [3.05, 3.63) is 0 Å². The van der Waals surface area contributed by atoms with E-state index in [1.54, 1.807) is 0 Å². The summed E-state index contributed by atoms with van der Waals surface area (Å²) >= 11 is 0. The molecule has 0 saturated heterocycles. The monoisotopic (exact) mass is 346 g/mol. The van der Waals surface area contributed by atoms with Crippen LogP contribution in [0.15, 0.2) is 0 Å². The van der Waals surface area contributed by atoms with E-state index in [1.165, 1.54) is 51.4 Å². The Labute approximate surface area is 159 Å². The van der Waals surface area contributed by atoms with Crippen molar-refractivity contribution in [1.29, 1.82) is 0 Å². The Balaban J connectivity index is -0.0000000653. The van der Waals surface area contributed by atoms with Crippen LogP contribution < -0.4 is 0 Å². The highest BCUT2D eigenvalue weighted by atomic mass is 13.9. The molecule has 0 rings (SSSR count). The Kier molecular flexibility index (Phi) is 56.4. The van der Waals surface area contributed by atoms with Gasteiger partial charge in [-0.15, -0.1) is 0 Å². The van der Waals surface area contributed by atoms with Crippen LogP contribution in [0.5, 0.6) is 0 Å². The van der Waals surface area contributed by atoms with E-state index in [0.29, 0.717) is 0 Å². The molecule has 0 aromatic carbocycles. The van der Waals surface area contributed by atoms with Crippen molar-refractivity contribution < 1.29 is 0 Å². The van der Waals surface area contributed by atoms with Crippen molar-refractivity contribution in [1.82, 2.24) is 0 Å². The molecule has 0 heteroatoms. The van der Waals surface area contributed by atoms with Crippen LogP contribution in [-0.4, -0.2) is 0 Å². The molecule has 154 valence electrons. The molecule has 0 fully saturated rings. The third kappa shape index (κ3) is 120. The van der Waals surface area contributed by atoms with Gasteiger partial charge >= 0.3 is 0 Å². The van der Waals surface area contributed by atoms with E-state index in [0.717, 1.165) is 17.8 Å². The quantitative estimate of drug-likeness (QED) is 0.448. The van der Waals surface area contributed by atoms with Crippen molar-refractivity contribution in [2.75, 3.05) is 0 Å². The Hall–Kier alpha value is 0. The molecule has 0 nitrogen and oxygen atoms in total. The predicted molar refractivity (Wildman–Crippen MR) is 121 cm³/mol. The Bertz CT molecular complexity index is 131. The van der Waals surface area contributed by atoms with E-state index in [9.17, 15) is 0 Å². The lowest BCUT2D eigenvalue weighted by molar-refractivity contribution is 0.550. The van der Waals surface area contributed by atoms with Crippen molar-refractivity contribution in [3.8, 4) is 0 Å². The van der Waals surface area contributed by atoms with Crippen LogP contribution in [0.4, 0.5) is 0 Å². The van der Waals surface area contributed by atoms with Gasteiger partial charge in [-0.05, 0) is 17.8 Å². The first-order chi connectivity index (χ1) is 11.1. The minimum atomic E-state index is 0.884. The maximum atomic E-state index is 2.27. The standard InChI is InChI=1S/C7H16.C6H14.C5H12.2C3H8/c1-4-5-6-7(2)3;1-4-5-6(2)3;1-4-5(2)3;2*1-3-2/h7H,4-6H2,1-3H3;6H,4-5H2,1-3H3;5H,4H2,1-3H3;2*3H2,1-2H3. The van der Waals surface area contributed by atoms with Gasteiger partial charge in [-0.25, -0.2) is 0 Å². The molecule has 0 aromatic heterocycles. The average Bonchev–Trinajstić information content (AvgIpc) is 2.47. The van der Waals surface area contributed by atoms with Gasteiger partial charge in [0.2, 0.25) is 0 Å². The van der Waals surface area contributed by atoms with Gasteiger partial charge < -0.3 is 0 Å². The fourth-order valence-electron chi connectivity index (χ4n) is 1.19.